The predicted molar refractivity (Wildman–Crippen MR) is 166 cm³/mol. The highest BCUT2D eigenvalue weighted by molar-refractivity contribution is 5.97. The topological polar surface area (TPSA) is 193 Å². The summed E-state index contributed by atoms with van der Waals surface area (Å²) in [6.45, 7) is 8.42. The number of nitrogens with one attached hydrogen (secondary N) is 4. The van der Waals surface area contributed by atoms with Crippen molar-refractivity contribution in [3.05, 3.63) is 54.0 Å². The van der Waals surface area contributed by atoms with Crippen LogP contribution in [0.5, 0.6) is 0 Å². The molecule has 0 bridgehead atoms. The van der Waals surface area contributed by atoms with Gasteiger partial charge in [0.05, 0.1) is 12.6 Å². The number of fused-ring (bicyclic) bond motifs is 1. The van der Waals surface area contributed by atoms with Gasteiger partial charge in [0.2, 0.25) is 23.6 Å². The Bertz CT molecular complexity index is 1550. The minimum atomic E-state index is -1.00. The summed E-state index contributed by atoms with van der Waals surface area (Å²) in [6, 6.07) is 6.67. The van der Waals surface area contributed by atoms with Crippen LogP contribution in [0, 0.1) is 12.8 Å². The van der Waals surface area contributed by atoms with Crippen molar-refractivity contribution in [1.82, 2.24) is 45.9 Å². The van der Waals surface area contributed by atoms with E-state index in [1.807, 2.05) is 44.2 Å². The summed E-state index contributed by atoms with van der Waals surface area (Å²) in [6.07, 6.45) is 1.79. The molecule has 46 heavy (non-hydrogen) atoms. The zero-order valence-corrected chi connectivity index (χ0v) is 26.7. The van der Waals surface area contributed by atoms with Crippen molar-refractivity contribution in [1.29, 1.82) is 0 Å². The van der Waals surface area contributed by atoms with E-state index in [-0.39, 0.29) is 43.7 Å². The lowest BCUT2D eigenvalue weighted by Crippen LogP contribution is -2.54. The summed E-state index contributed by atoms with van der Waals surface area (Å²) in [5, 5.41) is 15.7. The molecule has 4 rings (SSSR count). The van der Waals surface area contributed by atoms with Crippen LogP contribution in [0.4, 0.5) is 0 Å². The number of hydrogen-bond donors (Lipinski definition) is 4. The minimum Gasteiger partial charge on any atom is -0.448 e. The van der Waals surface area contributed by atoms with Gasteiger partial charge < -0.3 is 30.6 Å². The molecule has 0 saturated carbocycles. The van der Waals surface area contributed by atoms with Gasteiger partial charge in [-0.2, -0.15) is 5.10 Å². The molecule has 246 valence electrons. The van der Waals surface area contributed by atoms with Crippen molar-refractivity contribution in [2.45, 2.75) is 72.1 Å². The first-order valence-electron chi connectivity index (χ1n) is 15.3. The summed E-state index contributed by atoms with van der Waals surface area (Å²) in [5.41, 5.74) is 0.801. The van der Waals surface area contributed by atoms with Gasteiger partial charge >= 0.3 is 0 Å². The van der Waals surface area contributed by atoms with Gasteiger partial charge in [-0.3, -0.25) is 24.0 Å². The zero-order valence-electron chi connectivity index (χ0n) is 26.7. The molecule has 15 nitrogen and oxygen atoms in total. The van der Waals surface area contributed by atoms with E-state index in [1.54, 1.807) is 13.8 Å². The Labute approximate surface area is 266 Å². The third-order valence-electron chi connectivity index (χ3n) is 7.38. The molecule has 0 radical (unpaired) electrons. The van der Waals surface area contributed by atoms with Crippen molar-refractivity contribution in [3.63, 3.8) is 0 Å². The Morgan fingerprint density at radius 3 is 2.39 bits per heavy atom. The second-order valence-corrected chi connectivity index (χ2v) is 11.7. The summed E-state index contributed by atoms with van der Waals surface area (Å²) in [4.78, 5) is 75.9. The number of hydrogen-bond acceptors (Lipinski definition) is 9. The quantitative estimate of drug-likeness (QED) is 0.325. The van der Waals surface area contributed by atoms with Gasteiger partial charge in [-0.15, -0.1) is 0 Å². The lowest BCUT2D eigenvalue weighted by Gasteiger charge is -2.25. The van der Waals surface area contributed by atoms with Crippen molar-refractivity contribution in [3.8, 4) is 11.4 Å². The van der Waals surface area contributed by atoms with Crippen LogP contribution in [0.2, 0.25) is 0 Å². The summed E-state index contributed by atoms with van der Waals surface area (Å²) >= 11 is 0. The number of nitrogens with zero attached hydrogens (tertiary/aromatic N) is 5. The smallest absolute Gasteiger partial charge is 0.276 e. The molecule has 5 amide bonds. The number of rotatable bonds is 4. The van der Waals surface area contributed by atoms with Crippen molar-refractivity contribution in [2.24, 2.45) is 5.92 Å². The molecule has 3 atom stereocenters. The molecule has 1 aliphatic rings. The van der Waals surface area contributed by atoms with Crippen LogP contribution in [0.25, 0.3) is 11.4 Å². The van der Waals surface area contributed by atoms with Crippen LogP contribution < -0.4 is 21.3 Å². The molecule has 0 unspecified atom stereocenters. The van der Waals surface area contributed by atoms with E-state index >= 15 is 0 Å². The fourth-order valence-corrected chi connectivity index (χ4v) is 5.01. The maximum Gasteiger partial charge on any atom is 0.276 e. The molecule has 0 aliphatic carbocycles. The van der Waals surface area contributed by atoms with E-state index in [4.69, 9.17) is 4.42 Å². The average Bonchev–Trinajstić information content (AvgIpc) is 3.63. The predicted octanol–water partition coefficient (Wildman–Crippen LogP) is 1.12. The lowest BCUT2D eigenvalue weighted by molar-refractivity contribution is -0.132. The molecular weight excluding hydrogens is 594 g/mol. The Morgan fingerprint density at radius 2 is 1.72 bits per heavy atom. The number of benzene rings is 1. The average molecular weight is 636 g/mol. The van der Waals surface area contributed by atoms with Crippen LogP contribution >= 0.6 is 0 Å². The van der Waals surface area contributed by atoms with Gasteiger partial charge in [0, 0.05) is 18.7 Å². The normalized spacial score (nSPS) is 20.8. The van der Waals surface area contributed by atoms with Gasteiger partial charge in [0.1, 0.15) is 30.2 Å². The standard InChI is InChI=1S/C31H41N9O6/c1-18(2)14-23-30(44)35-19(3)28-37-27(22-10-7-6-8-11-22)38-40(28)16-24(41)32-12-9-13-39(31(45)26-21(5)46-17-33-26)15-25(42)34-20(4)29(43)36-23/h6-8,10-11,17-20,23H,9,12-16H2,1-5H3,(H,32,41)(H,34,42)(H,35,44)(H,36,43)/t19-,20+,23+/m0/s1. The highest BCUT2D eigenvalue weighted by Crippen LogP contribution is 2.19. The van der Waals surface area contributed by atoms with Gasteiger partial charge in [-0.05, 0) is 39.5 Å². The highest BCUT2D eigenvalue weighted by Gasteiger charge is 2.29. The molecule has 2 aromatic heterocycles. The maximum absolute atomic E-state index is 13.5. The number of amides is 5. The second-order valence-electron chi connectivity index (χ2n) is 11.7. The van der Waals surface area contributed by atoms with Crippen LogP contribution in [-0.4, -0.2) is 85.9 Å². The number of carbonyl (C=O) groups is 5. The number of aryl methyl sites for hydroxylation is 1. The molecule has 4 N–H and O–H groups in total. The maximum atomic E-state index is 13.5. The largest absolute Gasteiger partial charge is 0.448 e. The van der Waals surface area contributed by atoms with Crippen LogP contribution in [0.1, 0.15) is 68.7 Å². The first kappa shape index (κ1) is 33.8. The molecule has 15 heteroatoms. The van der Waals surface area contributed by atoms with Crippen molar-refractivity contribution in [2.75, 3.05) is 19.6 Å². The first-order chi connectivity index (χ1) is 21.9. The first-order valence-corrected chi connectivity index (χ1v) is 15.3. The van der Waals surface area contributed by atoms with Gasteiger partial charge in [-0.1, -0.05) is 44.2 Å². The zero-order chi connectivity index (χ0) is 33.4. The van der Waals surface area contributed by atoms with Gasteiger partial charge in [0.25, 0.3) is 5.91 Å². The molecular formula is C31H41N9O6. The molecule has 0 saturated heterocycles. The fraction of sp³-hybridized carbons (Fsp3) is 0.484. The van der Waals surface area contributed by atoms with E-state index in [0.717, 1.165) is 12.0 Å². The van der Waals surface area contributed by atoms with Gasteiger partial charge in [-0.25, -0.2) is 14.6 Å². The Kier molecular flexibility index (Phi) is 11.2. The molecule has 0 fully saturated rings. The molecule has 1 aliphatic heterocycles. The molecule has 3 heterocycles. The number of oxazole rings is 1. The molecule has 0 spiro atoms. The van der Waals surface area contributed by atoms with Crippen molar-refractivity contribution >= 4 is 29.5 Å². The third-order valence-corrected chi connectivity index (χ3v) is 7.38. The minimum absolute atomic E-state index is 0.0504. The van der Waals surface area contributed by atoms with E-state index < -0.39 is 41.8 Å². The second kappa shape index (κ2) is 15.3. The number of carbonyl (C=O) groups excluding carboxylic acids is 5. The summed E-state index contributed by atoms with van der Waals surface area (Å²) in [5.74, 6) is -1.39. The summed E-state index contributed by atoms with van der Waals surface area (Å²) < 4.78 is 6.62. The monoisotopic (exact) mass is 635 g/mol. The molecule has 1 aromatic carbocycles. The van der Waals surface area contributed by atoms with Crippen LogP contribution in [0.15, 0.2) is 41.1 Å². The van der Waals surface area contributed by atoms with E-state index in [0.29, 0.717) is 30.3 Å². The summed E-state index contributed by atoms with van der Waals surface area (Å²) in [7, 11) is 0. The lowest BCUT2D eigenvalue weighted by atomic mass is 10.0. The Morgan fingerprint density at radius 1 is 0.978 bits per heavy atom. The van der Waals surface area contributed by atoms with Crippen LogP contribution in [-0.2, 0) is 25.7 Å². The highest BCUT2D eigenvalue weighted by atomic mass is 16.3. The number of aromatic nitrogens is 4. The Hall–Kier alpha value is -5.08. The SMILES string of the molecule is Cc1ocnc1C(=O)N1CCCNC(=O)Cn2nc(-c3ccccc3)nc2[C@H](C)NC(=O)[C@@H](CC(C)C)NC(=O)[C@@H](C)NC(=O)C1. The molecule has 3 aromatic rings. The fourth-order valence-electron chi connectivity index (χ4n) is 5.01. The van der Waals surface area contributed by atoms with Crippen molar-refractivity contribution < 1.29 is 28.4 Å². The Balaban J connectivity index is 1.63. The van der Waals surface area contributed by atoms with E-state index in [9.17, 15) is 24.0 Å². The van der Waals surface area contributed by atoms with Crippen LogP contribution in [0.3, 0.4) is 0 Å². The van der Waals surface area contributed by atoms with Gasteiger partial charge in [0.15, 0.2) is 17.9 Å². The van der Waals surface area contributed by atoms with E-state index in [1.165, 1.54) is 16.5 Å². The third kappa shape index (κ3) is 8.76. The van der Waals surface area contributed by atoms with E-state index in [2.05, 4.69) is 36.3 Å².